The van der Waals surface area contributed by atoms with E-state index in [0.717, 1.165) is 0 Å². The molecule has 12 heteroatoms. The number of carbonyl (C=O) groups is 3. The fourth-order valence-corrected chi connectivity index (χ4v) is 3.06. The molecule has 34 heavy (non-hydrogen) atoms. The second kappa shape index (κ2) is 10.5. The van der Waals surface area contributed by atoms with Crippen LogP contribution in [0.1, 0.15) is 42.7 Å². The maximum absolute atomic E-state index is 12.5. The maximum atomic E-state index is 12.5. The average molecular weight is 467 g/mol. The number of nitrogens with one attached hydrogen (secondary N) is 3. The van der Waals surface area contributed by atoms with E-state index in [0.29, 0.717) is 11.4 Å². The maximum Gasteiger partial charge on any atom is 0.326 e. The molecule has 3 aromatic rings. The van der Waals surface area contributed by atoms with E-state index in [-0.39, 0.29) is 53.8 Å². The smallest absolute Gasteiger partial charge is 0.326 e. The Labute approximate surface area is 194 Å². The number of ketones is 1. The van der Waals surface area contributed by atoms with E-state index in [2.05, 4.69) is 30.6 Å². The number of benzene rings is 1. The highest BCUT2D eigenvalue weighted by molar-refractivity contribution is 5.97. The van der Waals surface area contributed by atoms with Crippen molar-refractivity contribution in [2.24, 2.45) is 5.92 Å². The summed E-state index contributed by atoms with van der Waals surface area (Å²) < 4.78 is 0. The SMILES string of the molecule is CC(C)C(=O)CCC(NC(=O)c1ccc(NCc2cnc3nc(N)[nH]c(=O)c3n2)cc1)C(=O)O. The number of amides is 1. The van der Waals surface area contributed by atoms with Crippen molar-refractivity contribution in [3.05, 3.63) is 52.1 Å². The summed E-state index contributed by atoms with van der Waals surface area (Å²) in [6.07, 6.45) is 1.57. The van der Waals surface area contributed by atoms with Crippen molar-refractivity contribution in [1.82, 2.24) is 25.3 Å². The molecule has 0 spiro atoms. The average Bonchev–Trinajstić information content (AvgIpc) is 2.80. The minimum Gasteiger partial charge on any atom is -0.480 e. The molecule has 0 saturated heterocycles. The second-order valence-corrected chi connectivity index (χ2v) is 7.94. The predicted octanol–water partition coefficient (Wildman–Crippen LogP) is 1.10. The monoisotopic (exact) mass is 467 g/mol. The molecule has 1 atom stereocenters. The van der Waals surface area contributed by atoms with E-state index in [1.165, 1.54) is 6.20 Å². The number of aliphatic carboxylic acids is 1. The molecule has 0 saturated carbocycles. The zero-order chi connectivity index (χ0) is 24.8. The fraction of sp³-hybridized carbons (Fsp3) is 0.318. The topological polar surface area (TPSA) is 193 Å². The van der Waals surface area contributed by atoms with Crippen molar-refractivity contribution in [3.8, 4) is 0 Å². The summed E-state index contributed by atoms with van der Waals surface area (Å²) >= 11 is 0. The van der Waals surface area contributed by atoms with E-state index >= 15 is 0 Å². The Kier molecular flexibility index (Phi) is 7.51. The number of nitrogens with zero attached hydrogens (tertiary/aromatic N) is 3. The summed E-state index contributed by atoms with van der Waals surface area (Å²) in [6, 6.07) is 5.22. The van der Waals surface area contributed by atoms with Gasteiger partial charge in [-0.3, -0.25) is 19.4 Å². The molecule has 0 aliphatic carbocycles. The van der Waals surface area contributed by atoms with Crippen LogP contribution in [0, 0.1) is 5.92 Å². The van der Waals surface area contributed by atoms with Gasteiger partial charge in [0, 0.05) is 23.6 Å². The van der Waals surface area contributed by atoms with E-state index in [1.54, 1.807) is 38.1 Å². The van der Waals surface area contributed by atoms with Gasteiger partial charge in [-0.2, -0.15) is 4.98 Å². The Morgan fingerprint density at radius 3 is 2.50 bits per heavy atom. The first kappa shape index (κ1) is 24.3. The number of nitrogens with two attached hydrogens (primary N) is 1. The van der Waals surface area contributed by atoms with E-state index in [1.807, 2.05) is 0 Å². The number of H-pyrrole nitrogens is 1. The highest BCUT2D eigenvalue weighted by Gasteiger charge is 2.22. The van der Waals surface area contributed by atoms with Crippen LogP contribution < -0.4 is 21.9 Å². The van der Waals surface area contributed by atoms with Crippen molar-refractivity contribution in [3.63, 3.8) is 0 Å². The van der Waals surface area contributed by atoms with Crippen LogP contribution in [0.4, 0.5) is 11.6 Å². The Morgan fingerprint density at radius 2 is 1.85 bits per heavy atom. The van der Waals surface area contributed by atoms with Crippen LogP contribution in [0.25, 0.3) is 11.2 Å². The van der Waals surface area contributed by atoms with Gasteiger partial charge < -0.3 is 21.5 Å². The van der Waals surface area contributed by atoms with Gasteiger partial charge >= 0.3 is 5.97 Å². The third-order valence-corrected chi connectivity index (χ3v) is 5.03. The molecule has 12 nitrogen and oxygen atoms in total. The molecule has 0 bridgehead atoms. The van der Waals surface area contributed by atoms with Crippen LogP contribution >= 0.6 is 0 Å². The van der Waals surface area contributed by atoms with Crippen molar-refractivity contribution in [2.75, 3.05) is 11.1 Å². The first-order valence-corrected chi connectivity index (χ1v) is 10.6. The van der Waals surface area contributed by atoms with Crippen LogP contribution in [-0.2, 0) is 16.1 Å². The zero-order valence-electron chi connectivity index (χ0n) is 18.7. The number of anilines is 2. The molecule has 6 N–H and O–H groups in total. The van der Waals surface area contributed by atoms with Gasteiger partial charge in [-0.15, -0.1) is 0 Å². The zero-order valence-corrected chi connectivity index (χ0v) is 18.7. The molecule has 1 amide bonds. The number of hydrogen-bond donors (Lipinski definition) is 5. The Morgan fingerprint density at radius 1 is 1.15 bits per heavy atom. The van der Waals surface area contributed by atoms with Crippen LogP contribution in [0.15, 0.2) is 35.3 Å². The van der Waals surface area contributed by atoms with Gasteiger partial charge in [-0.05, 0) is 30.7 Å². The van der Waals surface area contributed by atoms with Crippen LogP contribution in [0.3, 0.4) is 0 Å². The molecule has 3 rings (SSSR count). The van der Waals surface area contributed by atoms with Gasteiger partial charge in [0.2, 0.25) is 5.95 Å². The number of carboxylic acid groups (broad SMARTS) is 1. The van der Waals surface area contributed by atoms with Gasteiger partial charge in [0.1, 0.15) is 11.8 Å². The summed E-state index contributed by atoms with van der Waals surface area (Å²) in [6.45, 7) is 3.74. The summed E-state index contributed by atoms with van der Waals surface area (Å²) in [5.74, 6) is -2.04. The lowest BCUT2D eigenvalue weighted by atomic mass is 10.0. The van der Waals surface area contributed by atoms with Crippen molar-refractivity contribution < 1.29 is 19.5 Å². The lowest BCUT2D eigenvalue weighted by molar-refractivity contribution is -0.139. The summed E-state index contributed by atoms with van der Waals surface area (Å²) in [5.41, 5.74) is 6.66. The second-order valence-electron chi connectivity index (χ2n) is 7.94. The van der Waals surface area contributed by atoms with E-state index < -0.39 is 23.5 Å². The van der Waals surface area contributed by atoms with Gasteiger partial charge in [-0.25, -0.2) is 14.8 Å². The number of rotatable bonds is 10. The molecular weight excluding hydrogens is 442 g/mol. The number of carboxylic acids is 1. The van der Waals surface area contributed by atoms with Gasteiger partial charge in [-0.1, -0.05) is 13.8 Å². The minimum atomic E-state index is -1.20. The molecule has 0 aliphatic heterocycles. The number of nitrogen functional groups attached to an aromatic ring is 1. The molecule has 2 aromatic heterocycles. The first-order chi connectivity index (χ1) is 16.1. The first-order valence-electron chi connectivity index (χ1n) is 10.6. The number of aromatic nitrogens is 4. The third-order valence-electron chi connectivity index (χ3n) is 5.03. The molecular formula is C22H25N7O5. The highest BCUT2D eigenvalue weighted by atomic mass is 16.4. The van der Waals surface area contributed by atoms with Crippen molar-refractivity contribution >= 4 is 40.5 Å². The summed E-state index contributed by atoms with van der Waals surface area (Å²) in [7, 11) is 0. The molecule has 0 radical (unpaired) electrons. The number of Topliss-reactive ketones (excluding diaryl/α,β-unsaturated/α-hetero) is 1. The Balaban J connectivity index is 1.60. The summed E-state index contributed by atoms with van der Waals surface area (Å²) in [4.78, 5) is 62.3. The third kappa shape index (κ3) is 6.12. The van der Waals surface area contributed by atoms with Crippen LogP contribution in [-0.4, -0.2) is 48.7 Å². The van der Waals surface area contributed by atoms with Gasteiger partial charge in [0.15, 0.2) is 11.2 Å². The van der Waals surface area contributed by atoms with Gasteiger partial charge in [0.05, 0.1) is 18.4 Å². The molecule has 1 unspecified atom stereocenters. The van der Waals surface area contributed by atoms with Crippen molar-refractivity contribution in [2.45, 2.75) is 39.3 Å². The minimum absolute atomic E-state index is 0.0233. The quantitative estimate of drug-likeness (QED) is 0.288. The lowest BCUT2D eigenvalue weighted by Crippen LogP contribution is -2.41. The van der Waals surface area contributed by atoms with E-state index in [4.69, 9.17) is 5.73 Å². The summed E-state index contributed by atoms with van der Waals surface area (Å²) in [5, 5.41) is 14.9. The molecule has 0 aliphatic rings. The largest absolute Gasteiger partial charge is 0.480 e. The molecule has 2 heterocycles. The molecule has 178 valence electrons. The fourth-order valence-electron chi connectivity index (χ4n) is 3.06. The number of carbonyl (C=O) groups excluding carboxylic acids is 2. The Bertz CT molecular complexity index is 1270. The number of aromatic amines is 1. The molecule has 0 fully saturated rings. The molecule has 1 aromatic carbocycles. The number of fused-ring (bicyclic) bond motifs is 1. The van der Waals surface area contributed by atoms with Crippen LogP contribution in [0.2, 0.25) is 0 Å². The predicted molar refractivity (Wildman–Crippen MR) is 124 cm³/mol. The number of hydrogen-bond acceptors (Lipinski definition) is 9. The van der Waals surface area contributed by atoms with Gasteiger partial charge in [0.25, 0.3) is 11.5 Å². The normalized spacial score (nSPS) is 11.9. The van der Waals surface area contributed by atoms with Crippen molar-refractivity contribution in [1.29, 1.82) is 0 Å². The van der Waals surface area contributed by atoms with Crippen LogP contribution in [0.5, 0.6) is 0 Å². The lowest BCUT2D eigenvalue weighted by Gasteiger charge is -2.15. The standard InChI is InChI=1S/C22H25N7O5/c1-11(2)16(30)8-7-15(21(33)34)27-19(31)12-3-5-13(6-4-12)24-9-14-10-25-18-17(26-14)20(32)29-22(23)28-18/h3-6,10-11,15,24H,7-9H2,1-2H3,(H,27,31)(H,33,34)(H3,23,25,28,29,32). The highest BCUT2D eigenvalue weighted by Crippen LogP contribution is 2.13. The van der Waals surface area contributed by atoms with E-state index in [9.17, 15) is 24.3 Å². The Hall–Kier alpha value is -4.35.